The molecule has 0 aliphatic heterocycles. The summed E-state index contributed by atoms with van der Waals surface area (Å²) in [6.45, 7) is 6.96. The van der Waals surface area contributed by atoms with E-state index in [-0.39, 0.29) is 11.6 Å². The fraction of sp³-hybridized carbons (Fsp3) is 0.200. The van der Waals surface area contributed by atoms with Crippen LogP contribution in [0.3, 0.4) is 0 Å². The monoisotopic (exact) mass is 320 g/mol. The van der Waals surface area contributed by atoms with E-state index in [1.807, 2.05) is 50.5 Å². The van der Waals surface area contributed by atoms with Gasteiger partial charge in [0.1, 0.15) is 0 Å². The van der Waals surface area contributed by atoms with Crippen LogP contribution in [-0.4, -0.2) is 21.5 Å². The normalized spacial score (nSPS) is 10.8. The van der Waals surface area contributed by atoms with Crippen LogP contribution in [-0.2, 0) is 0 Å². The Morgan fingerprint density at radius 2 is 1.04 bits per heavy atom. The van der Waals surface area contributed by atoms with Crippen LogP contribution < -0.4 is 0 Å². The highest BCUT2D eigenvalue weighted by molar-refractivity contribution is 6.03. The van der Waals surface area contributed by atoms with Gasteiger partial charge in [0.2, 0.25) is 0 Å². The lowest BCUT2D eigenvalue weighted by molar-refractivity contribution is 0.100. The van der Waals surface area contributed by atoms with E-state index in [1.54, 1.807) is 13.8 Å². The predicted molar refractivity (Wildman–Crippen MR) is 95.5 cm³/mol. The van der Waals surface area contributed by atoms with Gasteiger partial charge >= 0.3 is 0 Å². The molecule has 3 rings (SSSR count). The lowest BCUT2D eigenvalue weighted by atomic mass is 9.96. The van der Waals surface area contributed by atoms with Crippen LogP contribution in [0.4, 0.5) is 0 Å². The Morgan fingerprint density at radius 3 is 1.33 bits per heavy atom. The van der Waals surface area contributed by atoms with E-state index >= 15 is 0 Å². The van der Waals surface area contributed by atoms with Gasteiger partial charge in [0, 0.05) is 46.0 Å². The van der Waals surface area contributed by atoms with Crippen LogP contribution in [0, 0.1) is 13.8 Å². The van der Waals surface area contributed by atoms with Crippen LogP contribution in [0.15, 0.2) is 36.7 Å². The highest BCUT2D eigenvalue weighted by Crippen LogP contribution is 2.31. The average molecular weight is 320 g/mol. The summed E-state index contributed by atoms with van der Waals surface area (Å²) in [6, 6.07) is 7.93. The number of aromatic nitrogens is 2. The number of hydrogen-bond donors (Lipinski definition) is 2. The second-order valence-electron chi connectivity index (χ2n) is 6.09. The molecule has 122 valence electrons. The van der Waals surface area contributed by atoms with Gasteiger partial charge in [-0.05, 0) is 38.8 Å². The molecule has 0 unspecified atom stereocenters. The maximum absolute atomic E-state index is 11.9. The summed E-state index contributed by atoms with van der Waals surface area (Å²) >= 11 is 0. The molecular weight excluding hydrogens is 300 g/mol. The summed E-state index contributed by atoms with van der Waals surface area (Å²) in [6.07, 6.45) is 3.73. The molecule has 0 bridgehead atoms. The topological polar surface area (TPSA) is 65.7 Å². The third-order valence-electron chi connectivity index (χ3n) is 4.37. The Bertz CT molecular complexity index is 850. The molecule has 0 aliphatic carbocycles. The van der Waals surface area contributed by atoms with Crippen molar-refractivity contribution in [3.63, 3.8) is 0 Å². The van der Waals surface area contributed by atoms with Gasteiger partial charge in [-0.3, -0.25) is 9.59 Å². The Kier molecular flexibility index (Phi) is 3.97. The SMILES string of the molecule is CC(=O)c1c(-c2ccc(-c3c[nH]c(C)c3C(C)=O)cc2)c[nH]c1C. The fourth-order valence-electron chi connectivity index (χ4n) is 3.25. The van der Waals surface area contributed by atoms with Crippen LogP contribution in [0.5, 0.6) is 0 Å². The van der Waals surface area contributed by atoms with Gasteiger partial charge in [0.25, 0.3) is 0 Å². The minimum absolute atomic E-state index is 0.0490. The van der Waals surface area contributed by atoms with Crippen LogP contribution in [0.25, 0.3) is 22.3 Å². The molecule has 0 saturated heterocycles. The number of aromatic amines is 2. The molecule has 0 atom stereocenters. The second-order valence-corrected chi connectivity index (χ2v) is 6.09. The zero-order valence-electron chi connectivity index (χ0n) is 14.3. The van der Waals surface area contributed by atoms with E-state index < -0.39 is 0 Å². The Labute approximate surface area is 140 Å². The first-order valence-corrected chi connectivity index (χ1v) is 7.88. The molecule has 0 saturated carbocycles. The van der Waals surface area contributed by atoms with Crippen molar-refractivity contribution in [2.45, 2.75) is 27.7 Å². The van der Waals surface area contributed by atoms with E-state index in [2.05, 4.69) is 9.97 Å². The largest absolute Gasteiger partial charge is 0.364 e. The highest BCUT2D eigenvalue weighted by Gasteiger charge is 2.16. The predicted octanol–water partition coefficient (Wildman–Crippen LogP) is 4.70. The van der Waals surface area contributed by atoms with Crippen molar-refractivity contribution in [2.24, 2.45) is 0 Å². The third kappa shape index (κ3) is 2.60. The molecule has 0 radical (unpaired) electrons. The van der Waals surface area contributed by atoms with Gasteiger partial charge in [-0.15, -0.1) is 0 Å². The molecule has 2 N–H and O–H groups in total. The fourth-order valence-corrected chi connectivity index (χ4v) is 3.25. The van der Waals surface area contributed by atoms with Gasteiger partial charge in [0.15, 0.2) is 11.6 Å². The second kappa shape index (κ2) is 5.96. The first-order chi connectivity index (χ1) is 11.4. The zero-order valence-corrected chi connectivity index (χ0v) is 14.3. The maximum Gasteiger partial charge on any atom is 0.162 e. The maximum atomic E-state index is 11.9. The summed E-state index contributed by atoms with van der Waals surface area (Å²) in [5.41, 5.74) is 6.97. The summed E-state index contributed by atoms with van der Waals surface area (Å²) in [5.74, 6) is 0.0981. The van der Waals surface area contributed by atoms with Crippen molar-refractivity contribution in [3.8, 4) is 22.3 Å². The standard InChI is InChI=1S/C20H20N2O2/c1-11-19(13(3)23)17(9-21-11)15-5-7-16(8-6-15)18-10-22-12(2)20(18)14(4)24/h5-10,21-22H,1-4H3. The molecule has 3 aromatic rings. The number of carbonyl (C=O) groups excluding carboxylic acids is 2. The molecule has 1 aromatic carbocycles. The van der Waals surface area contributed by atoms with E-state index in [1.165, 1.54) is 0 Å². The first-order valence-electron chi connectivity index (χ1n) is 7.88. The summed E-state index contributed by atoms with van der Waals surface area (Å²) in [4.78, 5) is 30.0. The number of ketones is 2. The number of benzene rings is 1. The summed E-state index contributed by atoms with van der Waals surface area (Å²) < 4.78 is 0. The van der Waals surface area contributed by atoms with Crippen molar-refractivity contribution in [1.82, 2.24) is 9.97 Å². The number of aryl methyl sites for hydroxylation is 2. The zero-order chi connectivity index (χ0) is 17.4. The molecule has 0 aliphatic rings. The lowest BCUT2D eigenvalue weighted by Crippen LogP contribution is -1.96. The van der Waals surface area contributed by atoms with Crippen molar-refractivity contribution in [3.05, 3.63) is 59.2 Å². The average Bonchev–Trinajstić information content (AvgIpc) is 3.10. The molecule has 0 spiro atoms. The van der Waals surface area contributed by atoms with Gasteiger partial charge in [-0.1, -0.05) is 24.3 Å². The molecule has 4 nitrogen and oxygen atoms in total. The Morgan fingerprint density at radius 1 is 0.708 bits per heavy atom. The van der Waals surface area contributed by atoms with Gasteiger partial charge in [0.05, 0.1) is 0 Å². The smallest absolute Gasteiger partial charge is 0.162 e. The Balaban J connectivity index is 2.04. The number of rotatable bonds is 4. The number of nitrogens with one attached hydrogen (secondary N) is 2. The molecular formula is C20H20N2O2. The number of carbonyl (C=O) groups is 2. The van der Waals surface area contributed by atoms with Gasteiger partial charge in [-0.25, -0.2) is 0 Å². The van der Waals surface area contributed by atoms with Crippen molar-refractivity contribution >= 4 is 11.6 Å². The van der Waals surface area contributed by atoms with Crippen molar-refractivity contribution < 1.29 is 9.59 Å². The Hall–Kier alpha value is -2.88. The van der Waals surface area contributed by atoms with Crippen molar-refractivity contribution in [2.75, 3.05) is 0 Å². The third-order valence-corrected chi connectivity index (χ3v) is 4.37. The van der Waals surface area contributed by atoms with Gasteiger partial charge in [-0.2, -0.15) is 0 Å². The number of H-pyrrole nitrogens is 2. The van der Waals surface area contributed by atoms with E-state index in [0.717, 1.165) is 44.8 Å². The number of Topliss-reactive ketones (excluding diaryl/α,β-unsaturated/α-hetero) is 2. The molecule has 2 aromatic heterocycles. The van der Waals surface area contributed by atoms with E-state index in [4.69, 9.17) is 0 Å². The lowest BCUT2D eigenvalue weighted by Gasteiger charge is -2.06. The van der Waals surface area contributed by atoms with Crippen LogP contribution in [0.2, 0.25) is 0 Å². The minimum Gasteiger partial charge on any atom is -0.364 e. The van der Waals surface area contributed by atoms with E-state index in [9.17, 15) is 9.59 Å². The van der Waals surface area contributed by atoms with Gasteiger partial charge < -0.3 is 9.97 Å². The molecule has 2 heterocycles. The summed E-state index contributed by atoms with van der Waals surface area (Å²) in [7, 11) is 0. The molecule has 4 heteroatoms. The van der Waals surface area contributed by atoms with Crippen LogP contribution >= 0.6 is 0 Å². The van der Waals surface area contributed by atoms with Crippen LogP contribution in [0.1, 0.15) is 46.0 Å². The van der Waals surface area contributed by atoms with Crippen molar-refractivity contribution in [1.29, 1.82) is 0 Å². The summed E-state index contributed by atoms with van der Waals surface area (Å²) in [5, 5.41) is 0. The minimum atomic E-state index is 0.0490. The quantitative estimate of drug-likeness (QED) is 0.684. The number of hydrogen-bond acceptors (Lipinski definition) is 2. The van der Waals surface area contributed by atoms with E-state index in [0.29, 0.717) is 0 Å². The highest BCUT2D eigenvalue weighted by atomic mass is 16.1. The molecule has 0 fully saturated rings. The molecule has 24 heavy (non-hydrogen) atoms. The molecule has 0 amide bonds. The first kappa shape index (κ1) is 16.0.